The van der Waals surface area contributed by atoms with Crippen LogP contribution in [-0.2, 0) is 19.1 Å². The monoisotopic (exact) mass is 290 g/mol. The van der Waals surface area contributed by atoms with Crippen LogP contribution in [-0.4, -0.2) is 25.0 Å². The van der Waals surface area contributed by atoms with Crippen molar-refractivity contribution in [1.82, 2.24) is 0 Å². The molecule has 0 radical (unpaired) electrons. The fourth-order valence-electron chi connectivity index (χ4n) is 2.61. The minimum absolute atomic E-state index is 0.0997. The molecule has 1 aliphatic rings. The van der Waals surface area contributed by atoms with Crippen LogP contribution in [0.25, 0.3) is 0 Å². The van der Waals surface area contributed by atoms with Crippen LogP contribution in [0.1, 0.15) is 37.5 Å². The van der Waals surface area contributed by atoms with Gasteiger partial charge in [-0.15, -0.1) is 0 Å². The van der Waals surface area contributed by atoms with E-state index in [0.717, 1.165) is 11.1 Å². The maximum Gasteiger partial charge on any atom is 0.319 e. The first-order chi connectivity index (χ1) is 9.93. The smallest absolute Gasteiger partial charge is 0.319 e. The van der Waals surface area contributed by atoms with Gasteiger partial charge in [-0.05, 0) is 18.4 Å². The van der Waals surface area contributed by atoms with E-state index >= 15 is 0 Å². The predicted octanol–water partition coefficient (Wildman–Crippen LogP) is 2.84. The quantitative estimate of drug-likeness (QED) is 0.634. The third-order valence-corrected chi connectivity index (χ3v) is 3.98. The van der Waals surface area contributed by atoms with Gasteiger partial charge in [0, 0.05) is 6.42 Å². The van der Waals surface area contributed by atoms with Gasteiger partial charge in [-0.3, -0.25) is 9.59 Å². The molecular weight excluding hydrogens is 268 g/mol. The molecule has 1 aromatic rings. The maximum atomic E-state index is 12.4. The first-order valence-electron chi connectivity index (χ1n) is 7.26. The highest BCUT2D eigenvalue weighted by Gasteiger charge is 2.44. The molecule has 0 N–H and O–H groups in total. The van der Waals surface area contributed by atoms with Crippen molar-refractivity contribution in [2.45, 2.75) is 39.4 Å². The largest absolute Gasteiger partial charge is 0.468 e. The van der Waals surface area contributed by atoms with Gasteiger partial charge in [0.25, 0.3) is 0 Å². The molecule has 4 heteroatoms. The SMILES string of the molecule is COC(=O)[C@@H]1C(=O)C[C@@H](C(C)C)O[C@H]1c1ccc(C)cc1. The van der Waals surface area contributed by atoms with Gasteiger partial charge in [-0.1, -0.05) is 43.7 Å². The summed E-state index contributed by atoms with van der Waals surface area (Å²) in [6.07, 6.45) is -0.462. The predicted molar refractivity (Wildman–Crippen MR) is 78.8 cm³/mol. The molecule has 1 aliphatic heterocycles. The molecule has 0 unspecified atom stereocenters. The molecule has 1 heterocycles. The van der Waals surface area contributed by atoms with Crippen LogP contribution < -0.4 is 0 Å². The van der Waals surface area contributed by atoms with Crippen molar-refractivity contribution >= 4 is 11.8 Å². The Morgan fingerprint density at radius 2 is 1.90 bits per heavy atom. The second-order valence-corrected chi connectivity index (χ2v) is 5.92. The number of hydrogen-bond donors (Lipinski definition) is 0. The van der Waals surface area contributed by atoms with E-state index in [9.17, 15) is 9.59 Å². The van der Waals surface area contributed by atoms with Gasteiger partial charge in [0.1, 0.15) is 12.0 Å². The Bertz CT molecular complexity index is 518. The highest BCUT2D eigenvalue weighted by atomic mass is 16.5. The molecule has 0 aliphatic carbocycles. The molecule has 3 atom stereocenters. The van der Waals surface area contributed by atoms with E-state index in [-0.39, 0.29) is 24.2 Å². The van der Waals surface area contributed by atoms with E-state index in [1.165, 1.54) is 7.11 Å². The fourth-order valence-corrected chi connectivity index (χ4v) is 2.61. The number of carbonyl (C=O) groups excluding carboxylic acids is 2. The van der Waals surface area contributed by atoms with Crippen molar-refractivity contribution in [2.24, 2.45) is 11.8 Å². The number of carbonyl (C=O) groups is 2. The number of ether oxygens (including phenoxy) is 2. The summed E-state index contributed by atoms with van der Waals surface area (Å²) in [5.41, 5.74) is 1.96. The molecule has 2 rings (SSSR count). The van der Waals surface area contributed by atoms with Crippen molar-refractivity contribution in [3.8, 4) is 0 Å². The molecular formula is C17H22O4. The van der Waals surface area contributed by atoms with E-state index < -0.39 is 18.0 Å². The zero-order valence-corrected chi connectivity index (χ0v) is 13.0. The lowest BCUT2D eigenvalue weighted by molar-refractivity contribution is -0.170. The fraction of sp³-hybridized carbons (Fsp3) is 0.529. The number of aryl methyl sites for hydroxylation is 1. The Morgan fingerprint density at radius 1 is 1.29 bits per heavy atom. The van der Waals surface area contributed by atoms with Gasteiger partial charge in [0.15, 0.2) is 5.78 Å². The maximum absolute atomic E-state index is 12.4. The molecule has 1 aromatic carbocycles. The number of ketones is 1. The summed E-state index contributed by atoms with van der Waals surface area (Å²) in [7, 11) is 1.30. The number of hydrogen-bond acceptors (Lipinski definition) is 4. The zero-order chi connectivity index (χ0) is 15.6. The van der Waals surface area contributed by atoms with E-state index in [0.29, 0.717) is 0 Å². The van der Waals surface area contributed by atoms with Crippen molar-refractivity contribution in [3.63, 3.8) is 0 Å². The summed E-state index contributed by atoms with van der Waals surface area (Å²) in [4.78, 5) is 24.4. The minimum atomic E-state index is -0.868. The number of esters is 1. The summed E-state index contributed by atoms with van der Waals surface area (Å²) in [6.45, 7) is 6.02. The Labute approximate surface area is 125 Å². The van der Waals surface area contributed by atoms with Crippen LogP contribution in [0.5, 0.6) is 0 Å². The summed E-state index contributed by atoms with van der Waals surface area (Å²) in [5.74, 6) is -1.27. The lowest BCUT2D eigenvalue weighted by atomic mass is 9.84. The number of methoxy groups -OCH3 is 1. The Balaban J connectivity index is 2.36. The Kier molecular flexibility index (Phi) is 4.78. The van der Waals surface area contributed by atoms with E-state index in [1.807, 2.05) is 45.0 Å². The molecule has 0 bridgehead atoms. The third-order valence-electron chi connectivity index (χ3n) is 3.98. The van der Waals surface area contributed by atoms with Crippen LogP contribution in [0.15, 0.2) is 24.3 Å². The van der Waals surface area contributed by atoms with Crippen molar-refractivity contribution in [1.29, 1.82) is 0 Å². The normalized spacial score (nSPS) is 26.0. The standard InChI is InChI=1S/C17H22O4/c1-10(2)14-9-13(18)15(17(19)20-4)16(21-14)12-7-5-11(3)6-8-12/h5-8,10,14-16H,9H2,1-4H3/t14-,15+,16-/m0/s1. The van der Waals surface area contributed by atoms with Crippen molar-refractivity contribution in [2.75, 3.05) is 7.11 Å². The van der Waals surface area contributed by atoms with Crippen LogP contribution in [0.4, 0.5) is 0 Å². The van der Waals surface area contributed by atoms with E-state index in [4.69, 9.17) is 9.47 Å². The molecule has 21 heavy (non-hydrogen) atoms. The van der Waals surface area contributed by atoms with Gasteiger partial charge in [0.2, 0.25) is 0 Å². The summed E-state index contributed by atoms with van der Waals surface area (Å²) < 4.78 is 10.8. The van der Waals surface area contributed by atoms with Crippen molar-refractivity contribution in [3.05, 3.63) is 35.4 Å². The van der Waals surface area contributed by atoms with Gasteiger partial charge < -0.3 is 9.47 Å². The summed E-state index contributed by atoms with van der Waals surface area (Å²) in [5, 5.41) is 0. The van der Waals surface area contributed by atoms with Gasteiger partial charge in [0.05, 0.1) is 13.2 Å². The molecule has 1 fully saturated rings. The highest BCUT2D eigenvalue weighted by Crippen LogP contribution is 2.37. The topological polar surface area (TPSA) is 52.6 Å². The van der Waals surface area contributed by atoms with Crippen molar-refractivity contribution < 1.29 is 19.1 Å². The van der Waals surface area contributed by atoms with Crippen LogP contribution in [0.2, 0.25) is 0 Å². The summed E-state index contributed by atoms with van der Waals surface area (Å²) >= 11 is 0. The minimum Gasteiger partial charge on any atom is -0.468 e. The summed E-state index contributed by atoms with van der Waals surface area (Å²) in [6, 6.07) is 7.73. The molecule has 4 nitrogen and oxygen atoms in total. The number of benzene rings is 1. The average molecular weight is 290 g/mol. The Hall–Kier alpha value is -1.68. The number of Topliss-reactive ketones (excluding diaryl/α,β-unsaturated/α-hetero) is 1. The molecule has 1 saturated heterocycles. The van der Waals surface area contributed by atoms with Crippen LogP contribution in [0.3, 0.4) is 0 Å². The Morgan fingerprint density at radius 3 is 2.43 bits per heavy atom. The van der Waals surface area contributed by atoms with Crippen LogP contribution >= 0.6 is 0 Å². The zero-order valence-electron chi connectivity index (χ0n) is 13.0. The third kappa shape index (κ3) is 3.32. The van der Waals surface area contributed by atoms with E-state index in [1.54, 1.807) is 0 Å². The van der Waals surface area contributed by atoms with Gasteiger partial charge in [-0.2, -0.15) is 0 Å². The molecule has 0 aromatic heterocycles. The lowest BCUT2D eigenvalue weighted by Gasteiger charge is -2.36. The average Bonchev–Trinajstić information content (AvgIpc) is 2.46. The molecule has 114 valence electrons. The molecule has 0 spiro atoms. The van der Waals surface area contributed by atoms with Gasteiger partial charge in [-0.25, -0.2) is 0 Å². The first-order valence-corrected chi connectivity index (χ1v) is 7.26. The van der Waals surface area contributed by atoms with E-state index in [2.05, 4.69) is 0 Å². The molecule has 0 saturated carbocycles. The van der Waals surface area contributed by atoms with Gasteiger partial charge >= 0.3 is 5.97 Å². The lowest BCUT2D eigenvalue weighted by Crippen LogP contribution is -2.43. The second kappa shape index (κ2) is 6.39. The highest BCUT2D eigenvalue weighted by molar-refractivity contribution is 6.00. The number of rotatable bonds is 3. The van der Waals surface area contributed by atoms with Crippen LogP contribution in [0, 0.1) is 18.8 Å². The first kappa shape index (κ1) is 15.7. The molecule has 0 amide bonds. The second-order valence-electron chi connectivity index (χ2n) is 5.92.